The third-order valence-electron chi connectivity index (χ3n) is 5.01. The van der Waals surface area contributed by atoms with E-state index in [0.29, 0.717) is 17.6 Å². The van der Waals surface area contributed by atoms with Gasteiger partial charge in [-0.2, -0.15) is 0 Å². The van der Waals surface area contributed by atoms with E-state index < -0.39 is 6.10 Å². The number of hydrogen-bond donors (Lipinski definition) is 2. The summed E-state index contributed by atoms with van der Waals surface area (Å²) in [7, 11) is 0. The lowest BCUT2D eigenvalue weighted by Crippen LogP contribution is -2.34. The molecule has 0 aromatic heterocycles. The Labute approximate surface area is 185 Å². The molecule has 0 radical (unpaired) electrons. The zero-order chi connectivity index (χ0) is 19.8. The molecule has 2 nitrogen and oxygen atoms in total. The molecule has 2 unspecified atom stereocenters. The summed E-state index contributed by atoms with van der Waals surface area (Å²) in [5, 5.41) is 14.7. The summed E-state index contributed by atoms with van der Waals surface area (Å²) >= 11 is 6.03. The smallest absolute Gasteiger partial charge is 0.0914 e. The van der Waals surface area contributed by atoms with Crippen molar-refractivity contribution in [1.29, 1.82) is 0 Å². The van der Waals surface area contributed by atoms with Crippen LogP contribution in [0.4, 0.5) is 0 Å². The van der Waals surface area contributed by atoms with Crippen molar-refractivity contribution < 1.29 is 5.11 Å². The fourth-order valence-electron chi connectivity index (χ4n) is 3.48. The largest absolute Gasteiger partial charge is 0.387 e. The van der Waals surface area contributed by atoms with E-state index in [9.17, 15) is 5.11 Å². The summed E-state index contributed by atoms with van der Waals surface area (Å²) < 4.78 is 0. The van der Waals surface area contributed by atoms with Crippen LogP contribution in [0.3, 0.4) is 0 Å². The van der Waals surface area contributed by atoms with Crippen LogP contribution in [0.2, 0.25) is 5.02 Å². The Bertz CT molecular complexity index is 852. The number of nitrogens with one attached hydrogen (secondary N) is 1. The van der Waals surface area contributed by atoms with Crippen LogP contribution >= 0.6 is 24.0 Å². The normalized spacial score (nSPS) is 12.8. The monoisotopic (exact) mass is 429 g/mol. The first kappa shape index (κ1) is 23.4. The lowest BCUT2D eigenvalue weighted by molar-refractivity contribution is 0.168. The van der Waals surface area contributed by atoms with Crippen LogP contribution in [-0.4, -0.2) is 17.7 Å². The van der Waals surface area contributed by atoms with Gasteiger partial charge in [0.1, 0.15) is 0 Å². The van der Waals surface area contributed by atoms with Gasteiger partial charge in [-0.1, -0.05) is 91.7 Å². The van der Waals surface area contributed by atoms with Crippen LogP contribution < -0.4 is 5.32 Å². The van der Waals surface area contributed by atoms with E-state index in [1.807, 2.05) is 30.3 Å². The van der Waals surface area contributed by atoms with Crippen LogP contribution in [0.5, 0.6) is 0 Å². The zero-order valence-electron chi connectivity index (χ0n) is 16.7. The van der Waals surface area contributed by atoms with Crippen molar-refractivity contribution >= 4 is 24.0 Å². The van der Waals surface area contributed by atoms with E-state index in [4.69, 9.17) is 11.6 Å². The maximum atomic E-state index is 10.5. The molecule has 3 aromatic carbocycles. The number of benzene rings is 3. The van der Waals surface area contributed by atoms with Gasteiger partial charge in [0.05, 0.1) is 6.10 Å². The second-order valence-electron chi connectivity index (χ2n) is 7.23. The molecule has 0 heterocycles. The van der Waals surface area contributed by atoms with Crippen LogP contribution in [-0.2, 0) is 6.42 Å². The van der Waals surface area contributed by atoms with Crippen molar-refractivity contribution in [3.8, 4) is 11.1 Å². The average molecular weight is 430 g/mol. The molecule has 0 aliphatic rings. The van der Waals surface area contributed by atoms with Crippen LogP contribution in [0.25, 0.3) is 11.1 Å². The van der Waals surface area contributed by atoms with E-state index in [0.717, 1.165) is 24.8 Å². The van der Waals surface area contributed by atoms with Gasteiger partial charge in [-0.15, -0.1) is 12.4 Å². The van der Waals surface area contributed by atoms with Crippen molar-refractivity contribution in [2.24, 2.45) is 0 Å². The van der Waals surface area contributed by atoms with Gasteiger partial charge in [-0.25, -0.2) is 0 Å². The Morgan fingerprint density at radius 2 is 1.59 bits per heavy atom. The van der Waals surface area contributed by atoms with Gasteiger partial charge in [0.2, 0.25) is 0 Å². The van der Waals surface area contributed by atoms with E-state index in [2.05, 4.69) is 60.8 Å². The maximum Gasteiger partial charge on any atom is 0.0914 e. The first-order chi connectivity index (χ1) is 13.7. The highest BCUT2D eigenvalue weighted by Gasteiger charge is 2.13. The lowest BCUT2D eigenvalue weighted by atomic mass is 9.98. The maximum absolute atomic E-state index is 10.5. The number of aliphatic hydroxyl groups excluding tert-OH is 1. The van der Waals surface area contributed by atoms with Crippen molar-refractivity contribution in [1.82, 2.24) is 5.32 Å². The molecule has 4 heteroatoms. The standard InChI is InChI=1S/C25H28ClNO.ClH/c1-2-7-24(27-18-25(28)22-10-6-11-23(26)17-22)16-19-12-14-21(15-13-19)20-8-4-3-5-9-20;/h3-6,8-15,17,24-25,27-28H,2,7,16,18H2,1H3;1H. The van der Waals surface area contributed by atoms with Gasteiger partial charge >= 0.3 is 0 Å². The first-order valence-electron chi connectivity index (χ1n) is 9.97. The molecule has 3 aromatic rings. The number of halogens is 2. The molecule has 0 fully saturated rings. The Hall–Kier alpha value is -1.84. The Balaban J connectivity index is 0.00000300. The lowest BCUT2D eigenvalue weighted by Gasteiger charge is -2.21. The molecule has 0 amide bonds. The second-order valence-corrected chi connectivity index (χ2v) is 7.67. The molecule has 29 heavy (non-hydrogen) atoms. The molecule has 154 valence electrons. The van der Waals surface area contributed by atoms with Crippen LogP contribution in [0.15, 0.2) is 78.9 Å². The Kier molecular flexibility index (Phi) is 9.69. The van der Waals surface area contributed by atoms with Crippen molar-refractivity contribution in [3.05, 3.63) is 95.0 Å². The van der Waals surface area contributed by atoms with Crippen LogP contribution in [0.1, 0.15) is 37.0 Å². The summed E-state index contributed by atoms with van der Waals surface area (Å²) in [4.78, 5) is 0. The van der Waals surface area contributed by atoms with E-state index in [1.54, 1.807) is 0 Å². The Morgan fingerprint density at radius 1 is 0.897 bits per heavy atom. The minimum absolute atomic E-state index is 0. The third kappa shape index (κ3) is 7.17. The highest BCUT2D eigenvalue weighted by molar-refractivity contribution is 6.30. The van der Waals surface area contributed by atoms with Crippen LogP contribution in [0, 0.1) is 0 Å². The fraction of sp³-hybridized carbons (Fsp3) is 0.280. The number of rotatable bonds is 9. The molecular weight excluding hydrogens is 401 g/mol. The highest BCUT2D eigenvalue weighted by Crippen LogP contribution is 2.21. The van der Waals surface area contributed by atoms with Gasteiger partial charge < -0.3 is 10.4 Å². The molecule has 0 saturated carbocycles. The molecule has 0 spiro atoms. The molecule has 0 saturated heterocycles. The Morgan fingerprint density at radius 3 is 2.24 bits per heavy atom. The molecule has 2 N–H and O–H groups in total. The molecule has 2 atom stereocenters. The van der Waals surface area contributed by atoms with Crippen molar-refractivity contribution in [2.45, 2.75) is 38.3 Å². The van der Waals surface area contributed by atoms with Gasteiger partial charge in [0.15, 0.2) is 0 Å². The summed E-state index contributed by atoms with van der Waals surface area (Å²) in [5.74, 6) is 0. The average Bonchev–Trinajstić information content (AvgIpc) is 2.73. The van der Waals surface area contributed by atoms with Crippen molar-refractivity contribution in [3.63, 3.8) is 0 Å². The summed E-state index contributed by atoms with van der Waals surface area (Å²) in [6.07, 6.45) is 2.57. The van der Waals surface area contributed by atoms with E-state index in [1.165, 1.54) is 16.7 Å². The molecule has 0 aliphatic heterocycles. The van der Waals surface area contributed by atoms with Gasteiger partial charge in [0, 0.05) is 17.6 Å². The summed E-state index contributed by atoms with van der Waals surface area (Å²) in [6.45, 7) is 2.72. The second kappa shape index (κ2) is 12.0. The predicted octanol–water partition coefficient (Wildman–Crippen LogP) is 6.46. The van der Waals surface area contributed by atoms with Gasteiger partial charge in [-0.3, -0.25) is 0 Å². The topological polar surface area (TPSA) is 32.3 Å². The number of aliphatic hydroxyl groups is 1. The SMILES string of the molecule is CCCC(Cc1ccc(-c2ccccc2)cc1)NCC(O)c1cccc(Cl)c1.Cl. The van der Waals surface area contributed by atoms with E-state index in [-0.39, 0.29) is 12.4 Å². The van der Waals surface area contributed by atoms with E-state index >= 15 is 0 Å². The third-order valence-corrected chi connectivity index (χ3v) is 5.25. The predicted molar refractivity (Wildman–Crippen MR) is 126 cm³/mol. The quantitative estimate of drug-likeness (QED) is 0.408. The zero-order valence-corrected chi connectivity index (χ0v) is 18.3. The minimum atomic E-state index is -0.557. The fourth-order valence-corrected chi connectivity index (χ4v) is 3.68. The minimum Gasteiger partial charge on any atom is -0.387 e. The van der Waals surface area contributed by atoms with Crippen molar-refractivity contribution in [2.75, 3.05) is 6.54 Å². The molecule has 0 aliphatic carbocycles. The van der Waals surface area contributed by atoms with Gasteiger partial charge in [-0.05, 0) is 47.2 Å². The first-order valence-corrected chi connectivity index (χ1v) is 10.3. The summed E-state index contributed by atoms with van der Waals surface area (Å²) in [6, 6.07) is 27.0. The molecule has 3 rings (SSSR count). The number of hydrogen-bond acceptors (Lipinski definition) is 2. The summed E-state index contributed by atoms with van der Waals surface area (Å²) in [5.41, 5.74) is 4.63. The highest BCUT2D eigenvalue weighted by atomic mass is 35.5. The van der Waals surface area contributed by atoms with Gasteiger partial charge in [0.25, 0.3) is 0 Å². The molecular formula is C25H29Cl2NO. The molecule has 0 bridgehead atoms.